The van der Waals surface area contributed by atoms with Crippen molar-refractivity contribution >= 4 is 11.7 Å². The van der Waals surface area contributed by atoms with E-state index in [0.717, 1.165) is 24.8 Å². The number of rotatable bonds is 10. The molecule has 0 unspecified atom stereocenters. The van der Waals surface area contributed by atoms with Crippen LogP contribution < -0.4 is 4.74 Å². The number of methoxy groups -OCH3 is 1. The fourth-order valence-corrected chi connectivity index (χ4v) is 2.99. The van der Waals surface area contributed by atoms with Crippen LogP contribution in [0.15, 0.2) is 42.5 Å². The monoisotopic (exact) mass is 385 g/mol. The number of carbonyl (C=O) groups is 1. The highest BCUT2D eigenvalue weighted by atomic mass is 16.6. The van der Waals surface area contributed by atoms with E-state index in [9.17, 15) is 14.9 Å². The van der Waals surface area contributed by atoms with Crippen LogP contribution in [0.25, 0.3) is 11.1 Å². The second-order valence-corrected chi connectivity index (χ2v) is 6.79. The van der Waals surface area contributed by atoms with Gasteiger partial charge >= 0.3 is 11.7 Å². The Kier molecular flexibility index (Phi) is 7.99. The molecule has 0 amide bonds. The molecule has 2 rings (SSSR count). The Morgan fingerprint density at radius 2 is 1.75 bits per heavy atom. The van der Waals surface area contributed by atoms with Gasteiger partial charge in [0, 0.05) is 6.07 Å². The molecule has 6 nitrogen and oxygen atoms in total. The molecule has 0 aliphatic rings. The van der Waals surface area contributed by atoms with Crippen molar-refractivity contribution < 1.29 is 19.2 Å². The van der Waals surface area contributed by atoms with Crippen molar-refractivity contribution in [2.24, 2.45) is 0 Å². The first-order valence-corrected chi connectivity index (χ1v) is 9.60. The van der Waals surface area contributed by atoms with E-state index in [4.69, 9.17) is 4.74 Å². The Balaban J connectivity index is 2.16. The standard InChI is InChI=1S/C22H27NO5/c1-4-5-6-7-8-16(2)28-21-14-13-19(15-20(21)23(25)26)17-9-11-18(12-10-17)22(24)27-3/h9-16H,4-8H2,1-3H3/t16-/m1/s1. The van der Waals surface area contributed by atoms with Crippen LogP contribution in [0.1, 0.15) is 56.3 Å². The number of unbranched alkanes of at least 4 members (excludes halogenated alkanes) is 3. The number of benzene rings is 2. The zero-order valence-corrected chi connectivity index (χ0v) is 16.6. The topological polar surface area (TPSA) is 78.7 Å². The molecule has 0 aliphatic heterocycles. The molecule has 0 spiro atoms. The van der Waals surface area contributed by atoms with Crippen molar-refractivity contribution in [1.82, 2.24) is 0 Å². The summed E-state index contributed by atoms with van der Waals surface area (Å²) in [5, 5.41) is 11.5. The highest BCUT2D eigenvalue weighted by Crippen LogP contribution is 2.33. The van der Waals surface area contributed by atoms with Gasteiger partial charge < -0.3 is 9.47 Å². The van der Waals surface area contributed by atoms with Crippen molar-refractivity contribution in [3.8, 4) is 16.9 Å². The van der Waals surface area contributed by atoms with Crippen LogP contribution in [0.4, 0.5) is 5.69 Å². The van der Waals surface area contributed by atoms with Crippen LogP contribution in [-0.2, 0) is 4.74 Å². The Bertz CT molecular complexity index is 801. The van der Waals surface area contributed by atoms with Crippen molar-refractivity contribution in [3.05, 3.63) is 58.1 Å². The summed E-state index contributed by atoms with van der Waals surface area (Å²) in [5.74, 6) is -0.142. The van der Waals surface area contributed by atoms with Crippen LogP contribution in [0.5, 0.6) is 5.75 Å². The third-order valence-electron chi connectivity index (χ3n) is 4.59. The Morgan fingerprint density at radius 3 is 2.36 bits per heavy atom. The SMILES string of the molecule is CCCCCC[C@@H](C)Oc1ccc(-c2ccc(C(=O)OC)cc2)cc1[N+](=O)[O-]. The molecule has 0 saturated carbocycles. The molecule has 28 heavy (non-hydrogen) atoms. The quantitative estimate of drug-likeness (QED) is 0.224. The zero-order chi connectivity index (χ0) is 20.5. The van der Waals surface area contributed by atoms with Crippen LogP contribution >= 0.6 is 0 Å². The second-order valence-electron chi connectivity index (χ2n) is 6.79. The van der Waals surface area contributed by atoms with Gasteiger partial charge in [0.25, 0.3) is 0 Å². The lowest BCUT2D eigenvalue weighted by Gasteiger charge is -2.15. The summed E-state index contributed by atoms with van der Waals surface area (Å²) in [6.07, 6.45) is 5.34. The third-order valence-corrected chi connectivity index (χ3v) is 4.59. The molecule has 0 saturated heterocycles. The fourth-order valence-electron chi connectivity index (χ4n) is 2.99. The first kappa shape index (κ1) is 21.4. The molecular weight excluding hydrogens is 358 g/mol. The van der Waals surface area contributed by atoms with E-state index in [1.807, 2.05) is 6.92 Å². The van der Waals surface area contributed by atoms with E-state index in [0.29, 0.717) is 11.1 Å². The number of nitrogens with zero attached hydrogens (tertiary/aromatic N) is 1. The van der Waals surface area contributed by atoms with E-state index in [1.165, 1.54) is 26.0 Å². The van der Waals surface area contributed by atoms with Gasteiger partial charge in [0.05, 0.1) is 23.7 Å². The summed E-state index contributed by atoms with van der Waals surface area (Å²) < 4.78 is 10.5. The van der Waals surface area contributed by atoms with Crippen LogP contribution in [0.3, 0.4) is 0 Å². The van der Waals surface area contributed by atoms with Crippen LogP contribution in [-0.4, -0.2) is 24.1 Å². The molecular formula is C22H27NO5. The minimum Gasteiger partial charge on any atom is -0.484 e. The van der Waals surface area contributed by atoms with Crippen molar-refractivity contribution in [2.75, 3.05) is 7.11 Å². The fraction of sp³-hybridized carbons (Fsp3) is 0.409. The van der Waals surface area contributed by atoms with E-state index < -0.39 is 10.9 Å². The molecule has 0 aliphatic carbocycles. The molecule has 0 N–H and O–H groups in total. The van der Waals surface area contributed by atoms with Gasteiger partial charge in [-0.3, -0.25) is 10.1 Å². The third kappa shape index (κ3) is 5.81. The molecule has 2 aromatic carbocycles. The zero-order valence-electron chi connectivity index (χ0n) is 16.6. The molecule has 150 valence electrons. The maximum Gasteiger partial charge on any atom is 0.337 e. The predicted octanol–water partition coefficient (Wildman–Crippen LogP) is 5.79. The number of hydrogen-bond acceptors (Lipinski definition) is 5. The maximum absolute atomic E-state index is 11.5. The summed E-state index contributed by atoms with van der Waals surface area (Å²) in [7, 11) is 1.32. The van der Waals surface area contributed by atoms with Gasteiger partial charge in [-0.15, -0.1) is 0 Å². The molecule has 0 bridgehead atoms. The predicted molar refractivity (Wildman–Crippen MR) is 109 cm³/mol. The number of nitro benzene ring substituents is 1. The van der Waals surface area contributed by atoms with E-state index in [1.54, 1.807) is 36.4 Å². The lowest BCUT2D eigenvalue weighted by atomic mass is 10.0. The summed E-state index contributed by atoms with van der Waals surface area (Å²) in [5.41, 5.74) is 1.83. The van der Waals surface area contributed by atoms with Gasteiger partial charge in [0.15, 0.2) is 5.75 Å². The first-order valence-electron chi connectivity index (χ1n) is 9.60. The summed E-state index contributed by atoms with van der Waals surface area (Å²) in [6.45, 7) is 4.10. The largest absolute Gasteiger partial charge is 0.484 e. The average molecular weight is 385 g/mol. The number of esters is 1. The Hall–Kier alpha value is -2.89. The maximum atomic E-state index is 11.5. The van der Waals surface area contributed by atoms with Crippen LogP contribution in [0.2, 0.25) is 0 Å². The Labute approximate surface area is 165 Å². The van der Waals surface area contributed by atoms with Crippen LogP contribution in [0, 0.1) is 10.1 Å². The minimum absolute atomic E-state index is 0.0602. The van der Waals surface area contributed by atoms with Gasteiger partial charge in [-0.1, -0.05) is 44.4 Å². The molecule has 0 radical (unpaired) electrons. The number of nitro groups is 1. The normalized spacial score (nSPS) is 11.7. The number of carbonyl (C=O) groups excluding carboxylic acids is 1. The number of hydrogen-bond donors (Lipinski definition) is 0. The molecule has 2 aromatic rings. The number of ether oxygens (including phenoxy) is 2. The van der Waals surface area contributed by atoms with Gasteiger partial charge in [-0.05, 0) is 49.1 Å². The lowest BCUT2D eigenvalue weighted by Crippen LogP contribution is -2.12. The molecule has 6 heteroatoms. The highest BCUT2D eigenvalue weighted by Gasteiger charge is 2.19. The van der Waals surface area contributed by atoms with Gasteiger partial charge in [-0.2, -0.15) is 0 Å². The van der Waals surface area contributed by atoms with Gasteiger partial charge in [0.1, 0.15) is 0 Å². The molecule has 0 aromatic heterocycles. The molecule has 0 fully saturated rings. The lowest BCUT2D eigenvalue weighted by molar-refractivity contribution is -0.386. The Morgan fingerprint density at radius 1 is 1.07 bits per heavy atom. The van der Waals surface area contributed by atoms with E-state index in [-0.39, 0.29) is 17.5 Å². The van der Waals surface area contributed by atoms with Gasteiger partial charge in [-0.25, -0.2) is 4.79 Å². The van der Waals surface area contributed by atoms with E-state index >= 15 is 0 Å². The molecule has 0 heterocycles. The summed E-state index contributed by atoms with van der Waals surface area (Å²) >= 11 is 0. The minimum atomic E-state index is -0.425. The van der Waals surface area contributed by atoms with Crippen molar-refractivity contribution in [2.45, 2.75) is 52.1 Å². The van der Waals surface area contributed by atoms with Crippen molar-refractivity contribution in [3.63, 3.8) is 0 Å². The average Bonchev–Trinajstić information content (AvgIpc) is 2.71. The summed E-state index contributed by atoms with van der Waals surface area (Å²) in [4.78, 5) is 22.6. The van der Waals surface area contributed by atoms with E-state index in [2.05, 4.69) is 11.7 Å². The smallest absolute Gasteiger partial charge is 0.337 e. The second kappa shape index (κ2) is 10.4. The highest BCUT2D eigenvalue weighted by molar-refractivity contribution is 5.90. The summed E-state index contributed by atoms with van der Waals surface area (Å²) in [6, 6.07) is 11.7. The molecule has 1 atom stereocenters. The first-order chi connectivity index (χ1) is 13.5. The van der Waals surface area contributed by atoms with Crippen molar-refractivity contribution in [1.29, 1.82) is 0 Å². The van der Waals surface area contributed by atoms with Gasteiger partial charge in [0.2, 0.25) is 0 Å².